The molecule has 0 aliphatic rings. The van der Waals surface area contributed by atoms with E-state index >= 15 is 0 Å². The molecule has 3 aromatic rings. The third-order valence-electron chi connectivity index (χ3n) is 4.56. The molecule has 0 aliphatic carbocycles. The highest BCUT2D eigenvalue weighted by atomic mass is 19.4. The Labute approximate surface area is 190 Å². The summed E-state index contributed by atoms with van der Waals surface area (Å²) in [5.41, 5.74) is 1.06. The van der Waals surface area contributed by atoms with E-state index in [9.17, 15) is 18.0 Å². The number of esters is 1. The number of carbonyl (C=O) groups excluding carboxylic acids is 1. The van der Waals surface area contributed by atoms with Gasteiger partial charge < -0.3 is 19.5 Å². The van der Waals surface area contributed by atoms with Gasteiger partial charge in [-0.05, 0) is 35.9 Å². The van der Waals surface area contributed by atoms with Crippen molar-refractivity contribution in [3.63, 3.8) is 0 Å². The summed E-state index contributed by atoms with van der Waals surface area (Å²) in [5.74, 6) is -0.603. The van der Waals surface area contributed by atoms with E-state index in [4.69, 9.17) is 14.2 Å². The molecule has 0 fully saturated rings. The molecule has 3 aromatic carbocycles. The van der Waals surface area contributed by atoms with Crippen molar-refractivity contribution in [2.45, 2.75) is 12.8 Å². The number of anilines is 2. The summed E-state index contributed by atoms with van der Waals surface area (Å²) < 4.78 is 55.0. The van der Waals surface area contributed by atoms with Crippen LogP contribution in [0.2, 0.25) is 0 Å². The van der Waals surface area contributed by atoms with E-state index < -0.39 is 17.7 Å². The average molecular weight is 459 g/mol. The minimum atomic E-state index is -4.46. The van der Waals surface area contributed by atoms with Gasteiger partial charge in [-0.3, -0.25) is 0 Å². The minimum absolute atomic E-state index is 0.0371. The van der Waals surface area contributed by atoms with Crippen molar-refractivity contribution in [1.82, 2.24) is 0 Å². The second kappa shape index (κ2) is 12.0. The van der Waals surface area contributed by atoms with Crippen molar-refractivity contribution < 1.29 is 32.2 Å². The zero-order valence-corrected chi connectivity index (χ0v) is 17.8. The second-order valence-electron chi connectivity index (χ2n) is 7.04. The van der Waals surface area contributed by atoms with Gasteiger partial charge in [-0.15, -0.1) is 0 Å². The molecular formula is C25H24F3NO4. The highest BCUT2D eigenvalue weighted by molar-refractivity contribution is 5.96. The number of nitrogens with one attached hydrogen (secondary N) is 1. The molecule has 8 heteroatoms. The number of ether oxygens (including phenoxy) is 3. The van der Waals surface area contributed by atoms with Crippen molar-refractivity contribution >= 4 is 17.3 Å². The van der Waals surface area contributed by atoms with Gasteiger partial charge in [0.2, 0.25) is 0 Å². The number of alkyl halides is 3. The van der Waals surface area contributed by atoms with E-state index in [2.05, 4.69) is 5.32 Å². The molecule has 33 heavy (non-hydrogen) atoms. The molecule has 1 N–H and O–H groups in total. The van der Waals surface area contributed by atoms with Crippen LogP contribution in [0.15, 0.2) is 78.9 Å². The highest BCUT2D eigenvalue weighted by Crippen LogP contribution is 2.32. The smallest absolute Gasteiger partial charge is 0.416 e. The summed E-state index contributed by atoms with van der Waals surface area (Å²) in [6.07, 6.45) is -4.46. The second-order valence-corrected chi connectivity index (χ2v) is 7.04. The molecule has 5 nitrogen and oxygen atoms in total. The van der Waals surface area contributed by atoms with Gasteiger partial charge in [0.25, 0.3) is 0 Å². The molecule has 174 valence electrons. The van der Waals surface area contributed by atoms with Gasteiger partial charge in [0.1, 0.15) is 6.61 Å². The van der Waals surface area contributed by atoms with E-state index in [-0.39, 0.29) is 24.5 Å². The maximum absolute atomic E-state index is 12.9. The van der Waals surface area contributed by atoms with E-state index in [1.165, 1.54) is 18.2 Å². The molecule has 0 aromatic heterocycles. The number of carbonyl (C=O) groups is 1. The monoisotopic (exact) mass is 459 g/mol. The largest absolute Gasteiger partial charge is 0.460 e. The van der Waals surface area contributed by atoms with Crippen LogP contribution in [-0.2, 0) is 27.0 Å². The lowest BCUT2D eigenvalue weighted by molar-refractivity contribution is -0.137. The van der Waals surface area contributed by atoms with Gasteiger partial charge in [-0.1, -0.05) is 48.5 Å². The van der Waals surface area contributed by atoms with E-state index in [0.29, 0.717) is 25.5 Å². The van der Waals surface area contributed by atoms with Gasteiger partial charge in [0.15, 0.2) is 0 Å². The van der Waals surface area contributed by atoms with Crippen molar-refractivity contribution in [3.05, 3.63) is 95.6 Å². The summed E-state index contributed by atoms with van der Waals surface area (Å²) in [6.45, 7) is 1.50. The van der Waals surface area contributed by atoms with Crippen LogP contribution < -0.4 is 5.32 Å². The third-order valence-corrected chi connectivity index (χ3v) is 4.56. The maximum atomic E-state index is 12.9. The lowest BCUT2D eigenvalue weighted by atomic mass is 10.1. The fraction of sp³-hybridized carbons (Fsp3) is 0.240. The van der Waals surface area contributed by atoms with Crippen LogP contribution in [0, 0.1) is 0 Å². The molecule has 0 saturated heterocycles. The number of benzene rings is 3. The standard InChI is InChI=1S/C25H24F3NO4/c26-25(27,28)20-9-6-10-21(17-20)29-23-12-5-4-11-22(23)24(30)33-16-15-31-13-14-32-18-19-7-2-1-3-8-19/h1-12,17,29H,13-16,18H2. The predicted octanol–water partition coefficient (Wildman–Crippen LogP) is 5.84. The zero-order chi connectivity index (χ0) is 23.5. The van der Waals surface area contributed by atoms with E-state index in [0.717, 1.165) is 17.7 Å². The van der Waals surface area contributed by atoms with Crippen LogP contribution in [-0.4, -0.2) is 32.4 Å². The Morgan fingerprint density at radius 3 is 2.27 bits per heavy atom. The van der Waals surface area contributed by atoms with Crippen LogP contribution >= 0.6 is 0 Å². The molecule has 0 heterocycles. The Morgan fingerprint density at radius 1 is 0.788 bits per heavy atom. The Balaban J connectivity index is 1.42. The van der Waals surface area contributed by atoms with Crippen LogP contribution in [0.4, 0.5) is 24.5 Å². The summed E-state index contributed by atoms with van der Waals surface area (Å²) in [4.78, 5) is 12.5. The minimum Gasteiger partial charge on any atom is -0.460 e. The summed E-state index contributed by atoms with van der Waals surface area (Å²) in [7, 11) is 0. The van der Waals surface area contributed by atoms with Crippen LogP contribution in [0.3, 0.4) is 0 Å². The van der Waals surface area contributed by atoms with Crippen LogP contribution in [0.25, 0.3) is 0 Å². The first kappa shape index (κ1) is 24.3. The average Bonchev–Trinajstić information content (AvgIpc) is 2.81. The van der Waals surface area contributed by atoms with Gasteiger partial charge in [-0.2, -0.15) is 13.2 Å². The quantitative estimate of drug-likeness (QED) is 0.288. The Morgan fingerprint density at radius 2 is 1.48 bits per heavy atom. The Kier molecular flexibility index (Phi) is 8.86. The van der Waals surface area contributed by atoms with Gasteiger partial charge in [0, 0.05) is 5.69 Å². The number of rotatable bonds is 11. The molecule has 0 unspecified atom stereocenters. The number of hydrogen-bond donors (Lipinski definition) is 1. The van der Waals surface area contributed by atoms with Gasteiger partial charge >= 0.3 is 12.1 Å². The summed E-state index contributed by atoms with van der Waals surface area (Å²) >= 11 is 0. The van der Waals surface area contributed by atoms with Gasteiger partial charge in [-0.25, -0.2) is 4.79 Å². The summed E-state index contributed by atoms with van der Waals surface area (Å²) in [5, 5.41) is 2.86. The van der Waals surface area contributed by atoms with E-state index in [1.54, 1.807) is 18.2 Å². The van der Waals surface area contributed by atoms with Crippen LogP contribution in [0.5, 0.6) is 0 Å². The Bertz CT molecular complexity index is 1030. The molecular weight excluding hydrogens is 435 g/mol. The van der Waals surface area contributed by atoms with E-state index in [1.807, 2.05) is 30.3 Å². The SMILES string of the molecule is O=C(OCCOCCOCc1ccccc1)c1ccccc1Nc1cccc(C(F)(F)F)c1. The first-order chi connectivity index (χ1) is 15.9. The van der Waals surface area contributed by atoms with Crippen molar-refractivity contribution in [3.8, 4) is 0 Å². The number of hydrogen-bond acceptors (Lipinski definition) is 5. The molecule has 0 spiro atoms. The number of para-hydroxylation sites is 1. The molecule has 0 aliphatic heterocycles. The Hall–Kier alpha value is -3.36. The normalized spacial score (nSPS) is 11.2. The molecule has 0 atom stereocenters. The summed E-state index contributed by atoms with van der Waals surface area (Å²) in [6, 6.07) is 21.0. The molecule has 0 saturated carbocycles. The lowest BCUT2D eigenvalue weighted by Gasteiger charge is -2.13. The molecule has 0 radical (unpaired) electrons. The highest BCUT2D eigenvalue weighted by Gasteiger charge is 2.30. The van der Waals surface area contributed by atoms with Gasteiger partial charge in [0.05, 0.1) is 43.2 Å². The fourth-order valence-electron chi connectivity index (χ4n) is 2.95. The predicted molar refractivity (Wildman–Crippen MR) is 118 cm³/mol. The van der Waals surface area contributed by atoms with Crippen molar-refractivity contribution in [2.75, 3.05) is 31.7 Å². The molecule has 0 bridgehead atoms. The first-order valence-electron chi connectivity index (χ1n) is 10.3. The van der Waals surface area contributed by atoms with Crippen molar-refractivity contribution in [2.24, 2.45) is 0 Å². The lowest BCUT2D eigenvalue weighted by Crippen LogP contribution is -2.14. The third kappa shape index (κ3) is 7.93. The first-order valence-corrected chi connectivity index (χ1v) is 10.3. The van der Waals surface area contributed by atoms with Crippen molar-refractivity contribution in [1.29, 1.82) is 0 Å². The zero-order valence-electron chi connectivity index (χ0n) is 17.8. The topological polar surface area (TPSA) is 56.8 Å². The fourth-order valence-corrected chi connectivity index (χ4v) is 2.95. The molecule has 0 amide bonds. The van der Waals surface area contributed by atoms with Crippen LogP contribution in [0.1, 0.15) is 21.5 Å². The number of halogens is 3. The maximum Gasteiger partial charge on any atom is 0.416 e. The molecule has 3 rings (SSSR count).